The third-order valence-electron chi connectivity index (χ3n) is 3.89. The van der Waals surface area contributed by atoms with E-state index >= 15 is 0 Å². The summed E-state index contributed by atoms with van der Waals surface area (Å²) >= 11 is 0. The molecular formula is C10H16. The smallest absolute Gasteiger partial charge is 0.0349 e. The van der Waals surface area contributed by atoms with Crippen LogP contribution < -0.4 is 0 Å². The molecule has 0 nitrogen and oxygen atoms in total. The van der Waals surface area contributed by atoms with E-state index in [-0.39, 0.29) is 0 Å². The first kappa shape index (κ1) is 5.62. The van der Waals surface area contributed by atoms with Crippen LogP contribution in [-0.4, -0.2) is 0 Å². The summed E-state index contributed by atoms with van der Waals surface area (Å²) in [5.41, 5.74) is 0. The van der Waals surface area contributed by atoms with E-state index in [9.17, 15) is 0 Å². The van der Waals surface area contributed by atoms with Gasteiger partial charge in [0, 0.05) is 0 Å². The molecule has 0 amide bonds. The van der Waals surface area contributed by atoms with Gasteiger partial charge in [0.05, 0.1) is 0 Å². The van der Waals surface area contributed by atoms with Gasteiger partial charge in [-0.1, -0.05) is 19.3 Å². The van der Waals surface area contributed by atoms with Crippen molar-refractivity contribution in [2.75, 3.05) is 0 Å². The SMILES string of the molecule is C1CC2C(C1)C2CC1CC1. The molecule has 2 atom stereocenters. The molecule has 10 heavy (non-hydrogen) atoms. The van der Waals surface area contributed by atoms with Crippen molar-refractivity contribution >= 4 is 0 Å². The summed E-state index contributed by atoms with van der Waals surface area (Å²) in [6, 6.07) is 0. The van der Waals surface area contributed by atoms with Gasteiger partial charge in [-0.25, -0.2) is 0 Å². The summed E-state index contributed by atoms with van der Waals surface area (Å²) in [5, 5.41) is 0. The van der Waals surface area contributed by atoms with Crippen LogP contribution in [-0.2, 0) is 0 Å². The Morgan fingerprint density at radius 3 is 2.20 bits per heavy atom. The highest BCUT2D eigenvalue weighted by atomic mass is 14.6. The fraction of sp³-hybridized carbons (Fsp3) is 1.00. The van der Waals surface area contributed by atoms with E-state index in [2.05, 4.69) is 0 Å². The molecule has 0 bridgehead atoms. The van der Waals surface area contributed by atoms with Gasteiger partial charge in [-0.05, 0) is 42.9 Å². The first-order chi connectivity index (χ1) is 4.95. The van der Waals surface area contributed by atoms with E-state index in [0.29, 0.717) is 0 Å². The second-order valence-corrected chi connectivity index (χ2v) is 4.60. The Morgan fingerprint density at radius 1 is 0.900 bits per heavy atom. The van der Waals surface area contributed by atoms with Crippen LogP contribution in [0.15, 0.2) is 0 Å². The molecule has 56 valence electrons. The molecular weight excluding hydrogens is 120 g/mol. The maximum absolute atomic E-state index is 1.62. The standard InChI is InChI=1S/C10H16/c1-2-8-9(3-1)10(8)6-7-4-5-7/h7-10H,1-6H2. The fourth-order valence-electron chi connectivity index (χ4n) is 3.06. The Hall–Kier alpha value is 0. The predicted molar refractivity (Wildman–Crippen MR) is 41.7 cm³/mol. The van der Waals surface area contributed by atoms with Crippen molar-refractivity contribution in [2.45, 2.75) is 38.5 Å². The van der Waals surface area contributed by atoms with E-state index in [0.717, 1.165) is 0 Å². The molecule has 0 aromatic rings. The topological polar surface area (TPSA) is 0 Å². The summed E-state index contributed by atoms with van der Waals surface area (Å²) in [4.78, 5) is 0. The molecule has 0 aliphatic heterocycles. The maximum Gasteiger partial charge on any atom is -0.0349 e. The summed E-state index contributed by atoms with van der Waals surface area (Å²) < 4.78 is 0. The van der Waals surface area contributed by atoms with Crippen molar-refractivity contribution in [2.24, 2.45) is 23.7 Å². The molecule has 2 unspecified atom stereocenters. The molecule has 3 fully saturated rings. The van der Waals surface area contributed by atoms with Crippen LogP contribution in [0, 0.1) is 23.7 Å². The summed E-state index contributed by atoms with van der Waals surface area (Å²) in [6.07, 6.45) is 9.47. The van der Waals surface area contributed by atoms with Crippen LogP contribution in [0.5, 0.6) is 0 Å². The van der Waals surface area contributed by atoms with E-state index < -0.39 is 0 Å². The van der Waals surface area contributed by atoms with E-state index in [1.165, 1.54) is 23.7 Å². The lowest BCUT2D eigenvalue weighted by Crippen LogP contribution is -1.88. The molecule has 0 spiro atoms. The zero-order chi connectivity index (χ0) is 6.55. The molecule has 0 N–H and O–H groups in total. The molecule has 3 aliphatic carbocycles. The third-order valence-corrected chi connectivity index (χ3v) is 3.89. The molecule has 0 aromatic carbocycles. The fourth-order valence-corrected chi connectivity index (χ4v) is 3.06. The van der Waals surface area contributed by atoms with Gasteiger partial charge in [-0.15, -0.1) is 0 Å². The molecule has 3 saturated carbocycles. The third kappa shape index (κ3) is 0.741. The Bertz CT molecular complexity index is 136. The zero-order valence-electron chi connectivity index (χ0n) is 6.55. The van der Waals surface area contributed by atoms with Gasteiger partial charge in [-0.2, -0.15) is 0 Å². The van der Waals surface area contributed by atoms with Crippen molar-refractivity contribution in [1.29, 1.82) is 0 Å². The normalized spacial score (nSPS) is 51.0. The second-order valence-electron chi connectivity index (χ2n) is 4.60. The van der Waals surface area contributed by atoms with Crippen LogP contribution in [0.4, 0.5) is 0 Å². The molecule has 3 aliphatic rings. The van der Waals surface area contributed by atoms with Crippen molar-refractivity contribution in [3.63, 3.8) is 0 Å². The van der Waals surface area contributed by atoms with Gasteiger partial charge in [0.2, 0.25) is 0 Å². The maximum atomic E-state index is 1.62. The van der Waals surface area contributed by atoms with Crippen LogP contribution >= 0.6 is 0 Å². The number of hydrogen-bond acceptors (Lipinski definition) is 0. The van der Waals surface area contributed by atoms with Crippen molar-refractivity contribution < 1.29 is 0 Å². The minimum Gasteiger partial charge on any atom is -0.0527 e. The molecule has 0 heterocycles. The molecule has 3 rings (SSSR count). The lowest BCUT2D eigenvalue weighted by molar-refractivity contribution is 0.522. The van der Waals surface area contributed by atoms with Gasteiger partial charge in [0.1, 0.15) is 0 Å². The average molecular weight is 136 g/mol. The Balaban J connectivity index is 1.57. The number of rotatable bonds is 2. The Labute approximate surface area is 63.0 Å². The predicted octanol–water partition coefficient (Wildman–Crippen LogP) is 2.83. The van der Waals surface area contributed by atoms with Crippen molar-refractivity contribution in [3.05, 3.63) is 0 Å². The monoisotopic (exact) mass is 136 g/mol. The van der Waals surface area contributed by atoms with Gasteiger partial charge in [0.15, 0.2) is 0 Å². The second kappa shape index (κ2) is 1.78. The summed E-state index contributed by atoms with van der Waals surface area (Å²) in [6.45, 7) is 0. The summed E-state index contributed by atoms with van der Waals surface area (Å²) in [7, 11) is 0. The van der Waals surface area contributed by atoms with E-state index in [4.69, 9.17) is 0 Å². The molecule has 0 heteroatoms. The first-order valence-corrected chi connectivity index (χ1v) is 4.95. The highest BCUT2D eigenvalue weighted by molar-refractivity contribution is 5.02. The zero-order valence-corrected chi connectivity index (χ0v) is 6.55. The highest BCUT2D eigenvalue weighted by Gasteiger charge is 2.53. The average Bonchev–Trinajstić information content (AvgIpc) is 2.81. The van der Waals surface area contributed by atoms with Gasteiger partial charge in [-0.3, -0.25) is 0 Å². The molecule has 0 aromatic heterocycles. The van der Waals surface area contributed by atoms with Crippen LogP contribution in [0.1, 0.15) is 38.5 Å². The lowest BCUT2D eigenvalue weighted by Gasteiger charge is -1.99. The van der Waals surface area contributed by atoms with Gasteiger partial charge < -0.3 is 0 Å². The van der Waals surface area contributed by atoms with Crippen molar-refractivity contribution in [3.8, 4) is 0 Å². The highest BCUT2D eigenvalue weighted by Crippen LogP contribution is 2.61. The van der Waals surface area contributed by atoms with Crippen LogP contribution in [0.3, 0.4) is 0 Å². The Morgan fingerprint density at radius 2 is 1.60 bits per heavy atom. The molecule has 0 radical (unpaired) electrons. The van der Waals surface area contributed by atoms with E-state index in [1.54, 1.807) is 38.5 Å². The largest absolute Gasteiger partial charge is 0.0527 e. The van der Waals surface area contributed by atoms with Crippen LogP contribution in [0.2, 0.25) is 0 Å². The Kier molecular flexibility index (Phi) is 1.00. The van der Waals surface area contributed by atoms with Crippen molar-refractivity contribution in [1.82, 2.24) is 0 Å². The lowest BCUT2D eigenvalue weighted by atomic mass is 10.1. The quantitative estimate of drug-likeness (QED) is 0.547. The van der Waals surface area contributed by atoms with Gasteiger partial charge in [0.25, 0.3) is 0 Å². The first-order valence-electron chi connectivity index (χ1n) is 4.95. The van der Waals surface area contributed by atoms with Crippen LogP contribution in [0.25, 0.3) is 0 Å². The minimum absolute atomic E-state index is 1.19. The summed E-state index contributed by atoms with van der Waals surface area (Å²) in [5.74, 6) is 4.86. The number of hydrogen-bond donors (Lipinski definition) is 0. The van der Waals surface area contributed by atoms with E-state index in [1.807, 2.05) is 0 Å². The minimum atomic E-state index is 1.19. The number of fused-ring (bicyclic) bond motifs is 1. The van der Waals surface area contributed by atoms with Gasteiger partial charge >= 0.3 is 0 Å². The molecule has 0 saturated heterocycles.